The second kappa shape index (κ2) is 6.90. The summed E-state index contributed by atoms with van der Waals surface area (Å²) in [5, 5.41) is 16.6. The summed E-state index contributed by atoms with van der Waals surface area (Å²) in [6.45, 7) is 1.90. The third-order valence-electron chi connectivity index (χ3n) is 3.47. The van der Waals surface area contributed by atoms with E-state index in [1.165, 1.54) is 0 Å². The van der Waals surface area contributed by atoms with Crippen LogP contribution in [0, 0.1) is 6.92 Å². The van der Waals surface area contributed by atoms with E-state index in [0.29, 0.717) is 11.4 Å². The molecule has 1 amide bonds. The molecule has 126 valence electrons. The molecule has 25 heavy (non-hydrogen) atoms. The van der Waals surface area contributed by atoms with Gasteiger partial charge in [0.25, 0.3) is 11.5 Å². The fraction of sp³-hybridized carbons (Fsp3) is 0.0556. The molecule has 1 heterocycles. The van der Waals surface area contributed by atoms with Crippen LogP contribution in [0.4, 0.5) is 5.69 Å². The number of carbonyl (C=O) groups excluding carboxylic acids is 1. The van der Waals surface area contributed by atoms with Crippen LogP contribution in [0.15, 0.2) is 63.9 Å². The molecule has 0 radical (unpaired) electrons. The largest absolute Gasteiger partial charge is 0.505 e. The molecule has 3 aromatic rings. The minimum absolute atomic E-state index is 0.232. The second-order valence-corrected chi connectivity index (χ2v) is 6.34. The van der Waals surface area contributed by atoms with Crippen LogP contribution in [0.5, 0.6) is 5.75 Å². The first-order valence-electron chi connectivity index (χ1n) is 7.41. The quantitative estimate of drug-likeness (QED) is 0.707. The monoisotopic (exact) mass is 399 g/mol. The van der Waals surface area contributed by atoms with Crippen LogP contribution in [-0.2, 0) is 0 Å². The number of hydrogen-bond donors (Lipinski definition) is 2. The molecule has 2 N–H and O–H groups in total. The third kappa shape index (κ3) is 3.77. The van der Waals surface area contributed by atoms with Gasteiger partial charge in [0, 0.05) is 16.2 Å². The summed E-state index contributed by atoms with van der Waals surface area (Å²) in [6.07, 6.45) is 0. The van der Waals surface area contributed by atoms with E-state index in [0.717, 1.165) is 20.8 Å². The van der Waals surface area contributed by atoms with Crippen LogP contribution >= 0.6 is 15.9 Å². The van der Waals surface area contributed by atoms with Crippen molar-refractivity contribution in [3.05, 3.63) is 80.7 Å². The van der Waals surface area contributed by atoms with Crippen molar-refractivity contribution >= 4 is 27.5 Å². The van der Waals surface area contributed by atoms with E-state index in [2.05, 4.69) is 26.3 Å². The summed E-state index contributed by atoms with van der Waals surface area (Å²) < 4.78 is 1.91. The fourth-order valence-electron chi connectivity index (χ4n) is 2.29. The maximum atomic E-state index is 12.4. The second-order valence-electron chi connectivity index (χ2n) is 5.43. The van der Waals surface area contributed by atoms with Crippen molar-refractivity contribution in [2.45, 2.75) is 6.92 Å². The molecule has 0 aliphatic heterocycles. The molecular weight excluding hydrogens is 386 g/mol. The molecule has 1 aromatic heterocycles. The zero-order chi connectivity index (χ0) is 18.0. The van der Waals surface area contributed by atoms with Crippen LogP contribution in [0.1, 0.15) is 16.1 Å². The Morgan fingerprint density at radius 2 is 1.88 bits per heavy atom. The number of aromatic hydroxyl groups is 1. The van der Waals surface area contributed by atoms with Gasteiger partial charge < -0.3 is 10.4 Å². The molecule has 0 bridgehead atoms. The van der Waals surface area contributed by atoms with Gasteiger partial charge >= 0.3 is 0 Å². The lowest BCUT2D eigenvalue weighted by atomic mass is 10.2. The summed E-state index contributed by atoms with van der Waals surface area (Å²) >= 11 is 3.32. The van der Waals surface area contributed by atoms with Gasteiger partial charge in [0.2, 0.25) is 0 Å². The van der Waals surface area contributed by atoms with E-state index < -0.39 is 17.2 Å². The Hall–Kier alpha value is -2.93. The van der Waals surface area contributed by atoms with E-state index in [4.69, 9.17) is 0 Å². The highest BCUT2D eigenvalue weighted by atomic mass is 79.9. The molecule has 7 heteroatoms. The van der Waals surface area contributed by atoms with Crippen LogP contribution in [0.3, 0.4) is 0 Å². The summed E-state index contributed by atoms with van der Waals surface area (Å²) in [4.78, 5) is 24.5. The van der Waals surface area contributed by atoms with E-state index in [9.17, 15) is 14.7 Å². The van der Waals surface area contributed by atoms with Gasteiger partial charge in [0.1, 0.15) is 0 Å². The summed E-state index contributed by atoms with van der Waals surface area (Å²) in [5.41, 5.74) is 1.27. The SMILES string of the molecule is Cc1cccc(NC(=O)c2nn(-c3ccc(Br)cc3)c(=O)cc2O)c1. The Balaban J connectivity index is 1.98. The molecule has 2 aromatic carbocycles. The van der Waals surface area contributed by atoms with Crippen molar-refractivity contribution in [3.63, 3.8) is 0 Å². The topological polar surface area (TPSA) is 84.2 Å². The first-order chi connectivity index (χ1) is 11.9. The molecule has 0 aliphatic rings. The Kier molecular flexibility index (Phi) is 4.67. The molecular formula is C18H14BrN3O3. The van der Waals surface area contributed by atoms with Crippen LogP contribution in [0.25, 0.3) is 5.69 Å². The van der Waals surface area contributed by atoms with Gasteiger partial charge in [-0.05, 0) is 48.9 Å². The van der Waals surface area contributed by atoms with Crippen molar-refractivity contribution in [2.24, 2.45) is 0 Å². The van der Waals surface area contributed by atoms with Crippen LogP contribution < -0.4 is 10.9 Å². The van der Waals surface area contributed by atoms with Crippen molar-refractivity contribution in [2.75, 3.05) is 5.32 Å². The number of aryl methyl sites for hydroxylation is 1. The van der Waals surface area contributed by atoms with E-state index in [1.54, 1.807) is 42.5 Å². The number of nitrogens with one attached hydrogen (secondary N) is 1. The molecule has 0 atom stereocenters. The molecule has 0 saturated carbocycles. The average molecular weight is 400 g/mol. The minimum Gasteiger partial charge on any atom is -0.505 e. The van der Waals surface area contributed by atoms with Gasteiger partial charge in [0.05, 0.1) is 5.69 Å². The number of benzene rings is 2. The number of amides is 1. The lowest BCUT2D eigenvalue weighted by Crippen LogP contribution is -2.25. The van der Waals surface area contributed by atoms with Crippen molar-refractivity contribution < 1.29 is 9.90 Å². The van der Waals surface area contributed by atoms with Crippen molar-refractivity contribution in [1.29, 1.82) is 0 Å². The Labute approximate surface area is 151 Å². The predicted octanol–water partition coefficient (Wildman–Crippen LogP) is 3.26. The highest BCUT2D eigenvalue weighted by Crippen LogP contribution is 2.17. The van der Waals surface area contributed by atoms with Crippen molar-refractivity contribution in [3.8, 4) is 11.4 Å². The van der Waals surface area contributed by atoms with Gasteiger partial charge in [-0.2, -0.15) is 9.78 Å². The van der Waals surface area contributed by atoms with Gasteiger partial charge in [-0.25, -0.2) is 0 Å². The molecule has 0 saturated heterocycles. The number of nitrogens with zero attached hydrogens (tertiary/aromatic N) is 2. The zero-order valence-electron chi connectivity index (χ0n) is 13.2. The molecule has 0 unspecified atom stereocenters. The highest BCUT2D eigenvalue weighted by molar-refractivity contribution is 9.10. The number of aromatic nitrogens is 2. The lowest BCUT2D eigenvalue weighted by molar-refractivity contribution is 0.101. The Bertz CT molecular complexity index is 997. The summed E-state index contributed by atoms with van der Waals surface area (Å²) in [6, 6.07) is 15.1. The first-order valence-corrected chi connectivity index (χ1v) is 8.20. The average Bonchev–Trinajstić information content (AvgIpc) is 2.56. The summed E-state index contributed by atoms with van der Waals surface area (Å²) in [7, 11) is 0. The Morgan fingerprint density at radius 1 is 1.16 bits per heavy atom. The van der Waals surface area contributed by atoms with E-state index >= 15 is 0 Å². The van der Waals surface area contributed by atoms with E-state index in [1.807, 2.05) is 13.0 Å². The molecule has 6 nitrogen and oxygen atoms in total. The van der Waals surface area contributed by atoms with Crippen LogP contribution in [0.2, 0.25) is 0 Å². The third-order valence-corrected chi connectivity index (χ3v) is 4.00. The standard InChI is InChI=1S/C18H14BrN3O3/c1-11-3-2-4-13(9-11)20-18(25)17-15(23)10-16(24)22(21-17)14-7-5-12(19)6-8-14/h2-10,23H,1H3,(H,20,25). The predicted molar refractivity (Wildman–Crippen MR) is 98.3 cm³/mol. The molecule has 0 spiro atoms. The molecule has 3 rings (SSSR count). The number of anilines is 1. The van der Waals surface area contributed by atoms with Crippen LogP contribution in [-0.4, -0.2) is 20.8 Å². The van der Waals surface area contributed by atoms with Gasteiger partial charge in [-0.3, -0.25) is 9.59 Å². The lowest BCUT2D eigenvalue weighted by Gasteiger charge is -2.10. The van der Waals surface area contributed by atoms with Gasteiger partial charge in [-0.1, -0.05) is 28.1 Å². The zero-order valence-corrected chi connectivity index (χ0v) is 14.8. The number of carbonyl (C=O) groups is 1. The maximum Gasteiger partial charge on any atom is 0.279 e. The van der Waals surface area contributed by atoms with Gasteiger partial charge in [0.15, 0.2) is 11.4 Å². The van der Waals surface area contributed by atoms with E-state index in [-0.39, 0.29) is 5.69 Å². The van der Waals surface area contributed by atoms with Gasteiger partial charge in [-0.15, -0.1) is 0 Å². The minimum atomic E-state index is -0.603. The summed E-state index contributed by atoms with van der Waals surface area (Å²) in [5.74, 6) is -1.07. The maximum absolute atomic E-state index is 12.4. The number of hydrogen-bond acceptors (Lipinski definition) is 4. The fourth-order valence-corrected chi connectivity index (χ4v) is 2.55. The smallest absolute Gasteiger partial charge is 0.279 e. The normalized spacial score (nSPS) is 10.5. The number of halogens is 1. The van der Waals surface area contributed by atoms with Crippen molar-refractivity contribution in [1.82, 2.24) is 9.78 Å². The molecule has 0 fully saturated rings. The molecule has 0 aliphatic carbocycles. The highest BCUT2D eigenvalue weighted by Gasteiger charge is 2.17. The number of rotatable bonds is 3. The first kappa shape index (κ1) is 16.9. The Morgan fingerprint density at radius 3 is 2.56 bits per heavy atom.